The molecule has 1 saturated carbocycles. The molecule has 1 aromatic carbocycles. The van der Waals surface area contributed by atoms with Crippen LogP contribution in [0.25, 0.3) is 0 Å². The molecule has 160 valence electrons. The summed E-state index contributed by atoms with van der Waals surface area (Å²) in [5.41, 5.74) is 0.0947. The normalized spacial score (nSPS) is 18.2. The van der Waals surface area contributed by atoms with Crippen molar-refractivity contribution in [3.05, 3.63) is 27.7 Å². The zero-order chi connectivity index (χ0) is 21.3. The molecule has 2 N–H and O–H groups in total. The number of hydrogen-bond donors (Lipinski definition) is 2. The molecule has 3 rings (SSSR count). The number of rotatable bonds is 6. The van der Waals surface area contributed by atoms with E-state index < -0.39 is 10.0 Å². The summed E-state index contributed by atoms with van der Waals surface area (Å²) in [6.45, 7) is 4.61. The van der Waals surface area contributed by atoms with Crippen LogP contribution in [0.5, 0.6) is 0 Å². The largest absolute Gasteiger partial charge is 0.354 e. The van der Waals surface area contributed by atoms with Gasteiger partial charge in [-0.1, -0.05) is 23.2 Å². The zero-order valence-corrected chi connectivity index (χ0v) is 18.7. The van der Waals surface area contributed by atoms with Gasteiger partial charge in [0.25, 0.3) is 5.91 Å². The van der Waals surface area contributed by atoms with Gasteiger partial charge in [-0.3, -0.25) is 9.59 Å². The van der Waals surface area contributed by atoms with Crippen molar-refractivity contribution in [1.82, 2.24) is 14.9 Å². The number of benzene rings is 1. The van der Waals surface area contributed by atoms with Crippen molar-refractivity contribution in [2.45, 2.75) is 56.5 Å². The number of carbonyl (C=O) groups is 2. The highest BCUT2D eigenvalue weighted by Crippen LogP contribution is 2.32. The number of likely N-dealkylation sites (tertiary alicyclic amines) is 1. The van der Waals surface area contributed by atoms with Crippen LogP contribution in [0.2, 0.25) is 10.0 Å². The van der Waals surface area contributed by atoms with Crippen molar-refractivity contribution in [3.63, 3.8) is 0 Å². The first-order valence-corrected chi connectivity index (χ1v) is 11.9. The maximum atomic E-state index is 13.0. The molecule has 1 aliphatic heterocycles. The Morgan fingerprint density at radius 2 is 1.69 bits per heavy atom. The summed E-state index contributed by atoms with van der Waals surface area (Å²) in [6, 6.07) is 2.53. The van der Waals surface area contributed by atoms with Crippen molar-refractivity contribution < 1.29 is 18.0 Å². The van der Waals surface area contributed by atoms with E-state index in [1.54, 1.807) is 4.90 Å². The van der Waals surface area contributed by atoms with E-state index in [4.69, 9.17) is 23.2 Å². The molecule has 0 atom stereocenters. The first-order valence-electron chi connectivity index (χ1n) is 9.69. The number of halogens is 2. The van der Waals surface area contributed by atoms with Gasteiger partial charge >= 0.3 is 0 Å². The van der Waals surface area contributed by atoms with Crippen LogP contribution in [0.4, 0.5) is 0 Å². The highest BCUT2D eigenvalue weighted by Gasteiger charge is 2.32. The van der Waals surface area contributed by atoms with Crippen molar-refractivity contribution in [1.29, 1.82) is 0 Å². The van der Waals surface area contributed by atoms with Crippen LogP contribution < -0.4 is 10.0 Å². The third-order valence-corrected chi connectivity index (χ3v) is 7.32. The summed E-state index contributed by atoms with van der Waals surface area (Å²) in [6.07, 6.45) is 2.67. The van der Waals surface area contributed by atoms with Crippen LogP contribution in [-0.4, -0.2) is 50.3 Å². The molecule has 29 heavy (non-hydrogen) atoms. The minimum absolute atomic E-state index is 0.00356. The number of amides is 2. The molecule has 0 unspecified atom stereocenters. The number of sulfonamides is 1. The number of nitrogens with one attached hydrogen (secondary N) is 2. The monoisotopic (exact) mass is 461 g/mol. The van der Waals surface area contributed by atoms with E-state index >= 15 is 0 Å². The molecule has 7 nitrogen and oxygen atoms in total. The fraction of sp³-hybridized carbons (Fsp3) is 0.579. The van der Waals surface area contributed by atoms with E-state index in [0.717, 1.165) is 12.8 Å². The summed E-state index contributed by atoms with van der Waals surface area (Å²) in [7, 11) is -3.83. The molecule has 1 aliphatic carbocycles. The lowest BCUT2D eigenvalue weighted by atomic mass is 9.95. The number of nitrogens with zero attached hydrogens (tertiary/aromatic N) is 1. The topological polar surface area (TPSA) is 95.6 Å². The first kappa shape index (κ1) is 22.3. The molecule has 2 aliphatic rings. The Hall–Kier alpha value is -1.35. The lowest BCUT2D eigenvalue weighted by Crippen LogP contribution is -2.44. The Labute approximate surface area is 181 Å². The van der Waals surface area contributed by atoms with Gasteiger partial charge in [-0.25, -0.2) is 13.1 Å². The van der Waals surface area contributed by atoms with Crippen molar-refractivity contribution in [2.75, 3.05) is 13.1 Å². The summed E-state index contributed by atoms with van der Waals surface area (Å²) in [5.74, 6) is -0.505. The fourth-order valence-corrected chi connectivity index (χ4v) is 5.46. The second kappa shape index (κ2) is 8.79. The van der Waals surface area contributed by atoms with Gasteiger partial charge in [0.15, 0.2) is 0 Å². The molecule has 0 spiro atoms. The summed E-state index contributed by atoms with van der Waals surface area (Å²) >= 11 is 12.3. The van der Waals surface area contributed by atoms with E-state index in [-0.39, 0.29) is 50.3 Å². The van der Waals surface area contributed by atoms with Crippen LogP contribution in [0.3, 0.4) is 0 Å². The van der Waals surface area contributed by atoms with Crippen molar-refractivity contribution in [2.24, 2.45) is 5.92 Å². The van der Waals surface area contributed by atoms with Crippen LogP contribution in [0, 0.1) is 5.92 Å². The van der Waals surface area contributed by atoms with Crippen molar-refractivity contribution in [3.8, 4) is 0 Å². The maximum Gasteiger partial charge on any atom is 0.255 e. The summed E-state index contributed by atoms with van der Waals surface area (Å²) in [4.78, 5) is 26.6. The zero-order valence-electron chi connectivity index (χ0n) is 16.4. The van der Waals surface area contributed by atoms with Gasteiger partial charge in [0.1, 0.15) is 4.90 Å². The van der Waals surface area contributed by atoms with Gasteiger partial charge in [0, 0.05) is 31.1 Å². The van der Waals surface area contributed by atoms with Crippen LogP contribution in [-0.2, 0) is 14.8 Å². The van der Waals surface area contributed by atoms with Gasteiger partial charge in [-0.2, -0.15) is 0 Å². The SMILES string of the molecule is CC(C)NC(=O)C1CCN(C(=O)c2cc(S(=O)(=O)NC3CC3)c(Cl)cc2Cl)CC1. The molecule has 1 aromatic rings. The predicted molar refractivity (Wildman–Crippen MR) is 112 cm³/mol. The molecule has 1 saturated heterocycles. The molecule has 2 fully saturated rings. The Morgan fingerprint density at radius 3 is 2.24 bits per heavy atom. The summed E-state index contributed by atoms with van der Waals surface area (Å²) in [5, 5.41) is 2.97. The highest BCUT2D eigenvalue weighted by molar-refractivity contribution is 7.89. The highest BCUT2D eigenvalue weighted by atomic mass is 35.5. The second-order valence-corrected chi connectivity index (χ2v) is 10.4. The van der Waals surface area contributed by atoms with Gasteiger partial charge in [0.2, 0.25) is 15.9 Å². The fourth-order valence-electron chi connectivity index (χ4n) is 3.30. The third kappa shape index (κ3) is 5.42. The van der Waals surface area contributed by atoms with Gasteiger partial charge < -0.3 is 10.2 Å². The van der Waals surface area contributed by atoms with Crippen LogP contribution in [0.1, 0.15) is 49.9 Å². The Balaban J connectivity index is 1.74. The molecular weight excluding hydrogens is 437 g/mol. The average Bonchev–Trinajstić information content (AvgIpc) is 3.44. The van der Waals surface area contributed by atoms with Gasteiger partial charge in [-0.15, -0.1) is 0 Å². The van der Waals surface area contributed by atoms with E-state index in [1.165, 1.54) is 12.1 Å². The molecule has 10 heteroatoms. The van der Waals surface area contributed by atoms with E-state index in [1.807, 2.05) is 13.8 Å². The van der Waals surface area contributed by atoms with E-state index in [9.17, 15) is 18.0 Å². The van der Waals surface area contributed by atoms with E-state index in [0.29, 0.717) is 25.9 Å². The maximum absolute atomic E-state index is 13.0. The number of hydrogen-bond acceptors (Lipinski definition) is 4. The van der Waals surface area contributed by atoms with Gasteiger partial charge in [0.05, 0.1) is 15.6 Å². The predicted octanol–water partition coefficient (Wildman–Crippen LogP) is 2.81. The molecule has 0 aromatic heterocycles. The Morgan fingerprint density at radius 1 is 1.07 bits per heavy atom. The minimum atomic E-state index is -3.83. The lowest BCUT2D eigenvalue weighted by Gasteiger charge is -2.32. The van der Waals surface area contributed by atoms with Crippen LogP contribution in [0.15, 0.2) is 17.0 Å². The third-order valence-electron chi connectivity index (χ3n) is 5.02. The molecule has 0 bridgehead atoms. The quantitative estimate of drug-likeness (QED) is 0.680. The molecule has 2 amide bonds. The summed E-state index contributed by atoms with van der Waals surface area (Å²) < 4.78 is 27.7. The number of carbonyl (C=O) groups excluding carboxylic acids is 2. The van der Waals surface area contributed by atoms with Crippen LogP contribution >= 0.6 is 23.2 Å². The second-order valence-electron chi connectivity index (χ2n) is 7.89. The molecule has 0 radical (unpaired) electrons. The molecular formula is C19H25Cl2N3O4S. The minimum Gasteiger partial charge on any atom is -0.354 e. The number of piperidine rings is 1. The smallest absolute Gasteiger partial charge is 0.255 e. The Kier molecular flexibility index (Phi) is 6.77. The standard InChI is InChI=1S/C19H25Cl2N3O4S/c1-11(2)22-18(25)12-5-7-24(8-6-12)19(26)14-9-17(16(21)10-15(14)20)29(27,28)23-13-3-4-13/h9-13,23H,3-8H2,1-2H3,(H,22,25). The first-order chi connectivity index (χ1) is 13.6. The lowest BCUT2D eigenvalue weighted by molar-refractivity contribution is -0.126. The Bertz CT molecular complexity index is 908. The molecule has 1 heterocycles. The van der Waals surface area contributed by atoms with Gasteiger partial charge in [-0.05, 0) is 51.7 Å². The van der Waals surface area contributed by atoms with E-state index in [2.05, 4.69) is 10.0 Å². The van der Waals surface area contributed by atoms with Crippen molar-refractivity contribution >= 4 is 45.0 Å². The average molecular weight is 462 g/mol.